The monoisotopic (exact) mass is 1270 g/mol. The molecule has 89 heavy (non-hydrogen) atoms. The van der Waals surface area contributed by atoms with Gasteiger partial charge in [-0.05, 0) is 44.9 Å². The molecule has 12 N–H and O–H groups in total. The minimum atomic E-state index is -1.98. The number of nitrogens with one attached hydrogen (secondary N) is 1. The molecule has 3 aliphatic heterocycles. The van der Waals surface area contributed by atoms with Crippen LogP contribution < -0.4 is 5.32 Å². The Labute approximate surface area is 536 Å². The van der Waals surface area contributed by atoms with Crippen LogP contribution in [0.1, 0.15) is 271 Å². The Morgan fingerprint density at radius 3 is 1.12 bits per heavy atom. The van der Waals surface area contributed by atoms with Crippen LogP contribution in [0.25, 0.3) is 0 Å². The predicted molar refractivity (Wildman–Crippen MR) is 346 cm³/mol. The molecule has 1 amide bonds. The van der Waals surface area contributed by atoms with Crippen molar-refractivity contribution in [3.05, 3.63) is 36.5 Å². The van der Waals surface area contributed by atoms with Gasteiger partial charge in [0.25, 0.3) is 0 Å². The number of hydrogen-bond donors (Lipinski definition) is 12. The molecule has 0 aromatic carbocycles. The van der Waals surface area contributed by atoms with Crippen molar-refractivity contribution in [1.82, 2.24) is 5.32 Å². The molecule has 17 atom stereocenters. The summed E-state index contributed by atoms with van der Waals surface area (Å²) in [7, 11) is 0. The van der Waals surface area contributed by atoms with Gasteiger partial charge in [0.2, 0.25) is 5.91 Å². The van der Waals surface area contributed by atoms with Crippen molar-refractivity contribution in [3.8, 4) is 0 Å². The fourth-order valence-electron chi connectivity index (χ4n) is 12.1. The molecule has 0 aliphatic carbocycles. The van der Waals surface area contributed by atoms with E-state index in [1.54, 1.807) is 6.08 Å². The van der Waals surface area contributed by atoms with E-state index in [1.165, 1.54) is 193 Å². The second-order valence-electron chi connectivity index (χ2n) is 25.7. The fraction of sp³-hybridized carbons (Fsp3) is 0.900. The molecule has 0 aromatic heterocycles. The van der Waals surface area contributed by atoms with E-state index >= 15 is 0 Å². The maximum absolute atomic E-state index is 13.4. The SMILES string of the molecule is CCCCCCCCCCCCCCCCC/C=C/CC/C=C/CC/C=C/C(O)C(COC1OC(CO)C(OC2OC(CO)C(OC3OC(CO)C(O)C(O)C3O)C(O)C2O)C(O)C1O)NC(=O)CCCCCCCCCCCCCCCCCCCCC. The summed E-state index contributed by atoms with van der Waals surface area (Å²) in [6.07, 6.45) is 34.1. The van der Waals surface area contributed by atoms with Crippen molar-refractivity contribution < 1.29 is 89.4 Å². The summed E-state index contributed by atoms with van der Waals surface area (Å²) in [5.74, 6) is -0.285. The normalized spacial score (nSPS) is 28.4. The van der Waals surface area contributed by atoms with Gasteiger partial charge in [-0.15, -0.1) is 0 Å². The van der Waals surface area contributed by atoms with Gasteiger partial charge in [-0.1, -0.05) is 256 Å². The third-order valence-electron chi connectivity index (χ3n) is 17.9. The highest BCUT2D eigenvalue weighted by Gasteiger charge is 2.53. The smallest absolute Gasteiger partial charge is 0.220 e. The molecule has 3 heterocycles. The van der Waals surface area contributed by atoms with E-state index in [0.29, 0.717) is 12.8 Å². The maximum Gasteiger partial charge on any atom is 0.220 e. The molecule has 3 rings (SSSR count). The zero-order valence-electron chi connectivity index (χ0n) is 55.2. The molecule has 17 unspecified atom stereocenters. The molecule has 0 saturated carbocycles. The first kappa shape index (κ1) is 81.2. The number of amides is 1. The van der Waals surface area contributed by atoms with E-state index in [0.717, 1.165) is 44.9 Å². The summed E-state index contributed by atoms with van der Waals surface area (Å²) in [5, 5.41) is 121. The van der Waals surface area contributed by atoms with Gasteiger partial charge in [0.05, 0.1) is 38.6 Å². The highest BCUT2D eigenvalue weighted by molar-refractivity contribution is 5.76. The Morgan fingerprint density at radius 2 is 0.719 bits per heavy atom. The van der Waals surface area contributed by atoms with Crippen LogP contribution in [0.3, 0.4) is 0 Å². The van der Waals surface area contributed by atoms with Gasteiger partial charge in [-0.2, -0.15) is 0 Å². The third kappa shape index (κ3) is 34.3. The van der Waals surface area contributed by atoms with Crippen LogP contribution in [0.5, 0.6) is 0 Å². The van der Waals surface area contributed by atoms with Crippen molar-refractivity contribution in [2.75, 3.05) is 26.4 Å². The van der Waals surface area contributed by atoms with E-state index in [9.17, 15) is 61.0 Å². The molecule has 3 saturated heterocycles. The lowest BCUT2D eigenvalue weighted by molar-refractivity contribution is -0.379. The number of hydrogen-bond acceptors (Lipinski definition) is 18. The topological polar surface area (TPSA) is 307 Å². The summed E-state index contributed by atoms with van der Waals surface area (Å²) < 4.78 is 34.3. The van der Waals surface area contributed by atoms with Crippen LogP contribution in [0.4, 0.5) is 0 Å². The van der Waals surface area contributed by atoms with Crippen molar-refractivity contribution in [2.24, 2.45) is 0 Å². The van der Waals surface area contributed by atoms with Crippen LogP contribution in [-0.2, 0) is 33.2 Å². The highest BCUT2D eigenvalue weighted by atomic mass is 16.8. The summed E-state index contributed by atoms with van der Waals surface area (Å²) in [4.78, 5) is 13.4. The first-order valence-corrected chi connectivity index (χ1v) is 35.7. The van der Waals surface area contributed by atoms with Crippen LogP contribution in [0.15, 0.2) is 36.5 Å². The Kier molecular flexibility index (Phi) is 47.7. The van der Waals surface area contributed by atoms with Gasteiger partial charge in [-0.25, -0.2) is 0 Å². The van der Waals surface area contributed by atoms with Crippen LogP contribution in [0.2, 0.25) is 0 Å². The van der Waals surface area contributed by atoms with E-state index in [4.69, 9.17) is 28.4 Å². The van der Waals surface area contributed by atoms with Gasteiger partial charge in [0.15, 0.2) is 18.9 Å². The summed E-state index contributed by atoms with van der Waals surface area (Å²) in [5.41, 5.74) is 0. The number of aliphatic hydroxyl groups excluding tert-OH is 11. The van der Waals surface area contributed by atoms with Crippen LogP contribution in [-0.4, -0.2) is 193 Å². The Hall–Kier alpha value is -1.99. The van der Waals surface area contributed by atoms with Crippen LogP contribution >= 0.6 is 0 Å². The number of ether oxygens (including phenoxy) is 6. The molecule has 19 nitrogen and oxygen atoms in total. The minimum Gasteiger partial charge on any atom is -0.394 e. The Bertz CT molecular complexity index is 1760. The molecular weight excluding hydrogens is 1140 g/mol. The lowest BCUT2D eigenvalue weighted by atomic mass is 9.96. The predicted octanol–water partition coefficient (Wildman–Crippen LogP) is 9.61. The number of unbranched alkanes of at least 4 members (excludes halogenated alkanes) is 35. The first-order valence-electron chi connectivity index (χ1n) is 35.7. The summed E-state index contributed by atoms with van der Waals surface area (Å²) >= 11 is 0. The highest BCUT2D eigenvalue weighted by Crippen LogP contribution is 2.33. The minimum absolute atomic E-state index is 0.236. The number of carbonyl (C=O) groups excluding carboxylic acids is 1. The standard InChI is InChI=1S/C70H129NO18/c1-3-5-7-9-11-13-15-17-19-21-23-24-25-26-27-28-30-31-33-35-37-39-41-43-45-47-54(75)53(71-58(76)48-46-44-42-40-38-36-34-32-29-22-20-18-16-14-12-10-8-6-4-2)52-84-68-64(82)61(79)66(56(50-73)86-68)89-70-65(83)62(80)67(57(51-74)87-70)88-69-63(81)60(78)59(77)55(49-72)85-69/h30-31,37,39,45,47,53-57,59-70,72-75,77-83H,3-29,32-36,38,40-44,46,48-52H2,1-2H3,(H,71,76)/b31-30+,39-37+,47-45+. The van der Waals surface area contributed by atoms with Crippen LogP contribution in [0, 0.1) is 0 Å². The molecule has 19 heteroatoms. The molecule has 0 aromatic rings. The zero-order chi connectivity index (χ0) is 64.7. The number of rotatable bonds is 55. The van der Waals surface area contributed by atoms with Gasteiger partial charge in [0, 0.05) is 6.42 Å². The quantitative estimate of drug-likeness (QED) is 0.0199. The molecule has 3 fully saturated rings. The van der Waals surface area contributed by atoms with E-state index in [2.05, 4.69) is 43.5 Å². The maximum atomic E-state index is 13.4. The largest absolute Gasteiger partial charge is 0.394 e. The second kappa shape index (κ2) is 52.3. The first-order chi connectivity index (χ1) is 43.3. The van der Waals surface area contributed by atoms with Crippen molar-refractivity contribution in [2.45, 2.75) is 375 Å². The molecule has 522 valence electrons. The second-order valence-corrected chi connectivity index (χ2v) is 25.7. The molecule has 0 radical (unpaired) electrons. The number of carbonyl (C=O) groups is 1. The van der Waals surface area contributed by atoms with E-state index < -0.39 is 124 Å². The van der Waals surface area contributed by atoms with Crippen molar-refractivity contribution >= 4 is 5.91 Å². The average molecular weight is 1270 g/mol. The number of aliphatic hydroxyl groups is 11. The van der Waals surface area contributed by atoms with Crippen molar-refractivity contribution in [3.63, 3.8) is 0 Å². The Balaban J connectivity index is 1.45. The average Bonchev–Trinajstić information content (AvgIpc) is 1.92. The van der Waals surface area contributed by atoms with Crippen molar-refractivity contribution in [1.29, 1.82) is 0 Å². The zero-order valence-corrected chi connectivity index (χ0v) is 55.2. The lowest BCUT2D eigenvalue weighted by Gasteiger charge is -2.48. The molecule has 3 aliphatic rings. The molecule has 0 bridgehead atoms. The van der Waals surface area contributed by atoms with Gasteiger partial charge >= 0.3 is 0 Å². The van der Waals surface area contributed by atoms with E-state index in [1.807, 2.05) is 6.08 Å². The fourth-order valence-corrected chi connectivity index (χ4v) is 12.1. The van der Waals surface area contributed by atoms with E-state index in [-0.39, 0.29) is 18.9 Å². The summed E-state index contributed by atoms with van der Waals surface area (Å²) in [6.45, 7) is 1.74. The van der Waals surface area contributed by atoms with Gasteiger partial charge < -0.3 is 89.9 Å². The van der Waals surface area contributed by atoms with Gasteiger partial charge in [-0.3, -0.25) is 4.79 Å². The molecular formula is C70H129NO18. The lowest BCUT2D eigenvalue weighted by Crippen LogP contribution is -2.66. The summed E-state index contributed by atoms with van der Waals surface area (Å²) in [6, 6.07) is -0.994. The number of allylic oxidation sites excluding steroid dienone is 5. The van der Waals surface area contributed by atoms with Gasteiger partial charge in [0.1, 0.15) is 73.2 Å². The molecule has 0 spiro atoms. The Morgan fingerprint density at radius 1 is 0.393 bits per heavy atom. The third-order valence-corrected chi connectivity index (χ3v) is 17.9.